The molecule has 3 aromatic carbocycles. The number of imidazole rings is 1. The molecule has 0 spiro atoms. The first kappa shape index (κ1) is 23.0. The van der Waals surface area contributed by atoms with Crippen molar-refractivity contribution in [3.63, 3.8) is 0 Å². The Morgan fingerprint density at radius 2 is 1.83 bits per heavy atom. The van der Waals surface area contributed by atoms with Crippen molar-refractivity contribution in [1.82, 2.24) is 9.97 Å². The highest BCUT2D eigenvalue weighted by Gasteiger charge is 2.36. The Balaban J connectivity index is 1.57. The number of para-hydroxylation sites is 1. The molecular formula is C24H17ClF4N4O2. The topological polar surface area (TPSA) is 79.0 Å². The van der Waals surface area contributed by atoms with Crippen LogP contribution < -0.4 is 15.4 Å². The Morgan fingerprint density at radius 3 is 2.57 bits per heavy atom. The molecule has 1 aromatic heterocycles. The zero-order chi connectivity index (χ0) is 25.1. The smallest absolute Gasteiger partial charge is 0.259 e. The molecule has 4 aromatic rings. The largest absolute Gasteiger partial charge is 0.486 e. The number of nitrogens with zero attached hydrogens (tertiary/aromatic N) is 1. The van der Waals surface area contributed by atoms with Gasteiger partial charge in [0.15, 0.2) is 11.6 Å². The molecule has 11 heteroatoms. The van der Waals surface area contributed by atoms with Crippen LogP contribution in [0.15, 0.2) is 36.4 Å². The normalized spacial score (nSPS) is 14.0. The first-order chi connectivity index (χ1) is 16.5. The van der Waals surface area contributed by atoms with Gasteiger partial charge in [0.2, 0.25) is 5.95 Å². The Kier molecular flexibility index (Phi) is 5.36. The summed E-state index contributed by atoms with van der Waals surface area (Å²) in [4.78, 5) is 20.5. The molecule has 1 aliphatic heterocycles. The van der Waals surface area contributed by atoms with E-state index in [1.807, 2.05) is 13.8 Å². The van der Waals surface area contributed by atoms with Crippen molar-refractivity contribution >= 4 is 45.9 Å². The zero-order valence-electron chi connectivity index (χ0n) is 18.3. The van der Waals surface area contributed by atoms with Crippen LogP contribution >= 0.6 is 11.6 Å². The van der Waals surface area contributed by atoms with Gasteiger partial charge in [-0.25, -0.2) is 22.5 Å². The lowest BCUT2D eigenvalue weighted by molar-refractivity contribution is 0.101. The van der Waals surface area contributed by atoms with Crippen LogP contribution in [0.4, 0.5) is 34.9 Å². The third-order valence-corrected chi connectivity index (χ3v) is 5.84. The molecule has 3 N–H and O–H groups in total. The summed E-state index contributed by atoms with van der Waals surface area (Å²) in [6.07, 6.45) is 0.404. The predicted octanol–water partition coefficient (Wildman–Crippen LogP) is 6.48. The number of amides is 1. The van der Waals surface area contributed by atoms with Crippen molar-refractivity contribution in [2.24, 2.45) is 0 Å². The lowest BCUT2D eigenvalue weighted by atomic mass is 9.98. The molecule has 35 heavy (non-hydrogen) atoms. The molecule has 2 heterocycles. The number of carbonyl (C=O) groups excluding carboxylic acids is 1. The molecule has 0 saturated heterocycles. The van der Waals surface area contributed by atoms with E-state index in [9.17, 15) is 22.4 Å². The van der Waals surface area contributed by atoms with E-state index in [2.05, 4.69) is 20.6 Å². The number of ether oxygens (including phenoxy) is 1. The van der Waals surface area contributed by atoms with E-state index in [0.29, 0.717) is 35.2 Å². The van der Waals surface area contributed by atoms with Crippen LogP contribution in [0.1, 0.15) is 29.8 Å². The molecule has 180 valence electrons. The van der Waals surface area contributed by atoms with Gasteiger partial charge in [-0.1, -0.05) is 17.7 Å². The standard InChI is InChI=1S/C24H17ClF4N4O2/c1-24(2)9-11-19-18(31-23(32-19)33-20-12(25)4-3-5-13(20)26)6-10(21(11)35-24)22(34)30-17-8-15(28)14(27)7-16(17)29/h3-8H,9H2,1-2H3,(H,30,34)(H2,31,32,33). The van der Waals surface area contributed by atoms with Crippen molar-refractivity contribution in [3.8, 4) is 5.75 Å². The summed E-state index contributed by atoms with van der Waals surface area (Å²) in [5.74, 6) is -4.80. The number of carbonyl (C=O) groups is 1. The van der Waals surface area contributed by atoms with Gasteiger partial charge in [0, 0.05) is 24.1 Å². The number of fused-ring (bicyclic) bond motifs is 3. The summed E-state index contributed by atoms with van der Waals surface area (Å²) in [5.41, 5.74) is 0.360. The SMILES string of the molecule is CC1(C)Cc2c(c(C(=O)Nc3cc(F)c(F)cc3F)cc3nc(Nc4c(F)cccc4Cl)[nH]c23)O1. The fourth-order valence-corrected chi connectivity index (χ4v) is 4.20. The van der Waals surface area contributed by atoms with Gasteiger partial charge in [-0.3, -0.25) is 4.79 Å². The first-order valence-electron chi connectivity index (χ1n) is 10.4. The van der Waals surface area contributed by atoms with E-state index >= 15 is 0 Å². The van der Waals surface area contributed by atoms with Crippen LogP contribution in [-0.2, 0) is 6.42 Å². The number of aromatic amines is 1. The highest BCUT2D eigenvalue weighted by molar-refractivity contribution is 6.33. The zero-order valence-corrected chi connectivity index (χ0v) is 19.1. The number of aromatic nitrogens is 2. The Bertz CT molecular complexity index is 1500. The van der Waals surface area contributed by atoms with Crippen LogP contribution in [0, 0.1) is 23.3 Å². The van der Waals surface area contributed by atoms with Crippen molar-refractivity contribution in [2.45, 2.75) is 25.9 Å². The van der Waals surface area contributed by atoms with E-state index in [1.165, 1.54) is 24.3 Å². The molecule has 0 aliphatic carbocycles. The number of nitrogens with one attached hydrogen (secondary N) is 3. The van der Waals surface area contributed by atoms with Crippen LogP contribution in [0.25, 0.3) is 11.0 Å². The minimum absolute atomic E-state index is 0.0178. The summed E-state index contributed by atoms with van der Waals surface area (Å²) in [6, 6.07) is 6.54. The second-order valence-electron chi connectivity index (χ2n) is 8.67. The third-order valence-electron chi connectivity index (χ3n) is 5.52. The predicted molar refractivity (Wildman–Crippen MR) is 123 cm³/mol. The minimum atomic E-state index is -1.38. The Labute approximate surface area is 201 Å². The Morgan fingerprint density at radius 1 is 1.09 bits per heavy atom. The molecule has 6 nitrogen and oxygen atoms in total. The number of halogens is 5. The first-order valence-corrected chi connectivity index (χ1v) is 10.8. The summed E-state index contributed by atoms with van der Waals surface area (Å²) in [7, 11) is 0. The fraction of sp³-hybridized carbons (Fsp3) is 0.167. The van der Waals surface area contributed by atoms with E-state index in [-0.39, 0.29) is 28.0 Å². The highest BCUT2D eigenvalue weighted by Crippen LogP contribution is 2.42. The summed E-state index contributed by atoms with van der Waals surface area (Å²) in [5, 5.41) is 5.21. The number of rotatable bonds is 4. The van der Waals surface area contributed by atoms with E-state index in [4.69, 9.17) is 16.3 Å². The fourth-order valence-electron chi connectivity index (χ4n) is 3.99. The quantitative estimate of drug-likeness (QED) is 0.219. The van der Waals surface area contributed by atoms with Gasteiger partial charge < -0.3 is 20.4 Å². The Hall–Kier alpha value is -3.79. The van der Waals surface area contributed by atoms with Crippen LogP contribution in [-0.4, -0.2) is 21.5 Å². The van der Waals surface area contributed by atoms with Gasteiger partial charge in [-0.15, -0.1) is 0 Å². The van der Waals surface area contributed by atoms with Crippen molar-refractivity contribution in [2.75, 3.05) is 10.6 Å². The van der Waals surface area contributed by atoms with Gasteiger partial charge in [0.05, 0.1) is 33.0 Å². The van der Waals surface area contributed by atoms with Gasteiger partial charge in [0.25, 0.3) is 5.91 Å². The number of anilines is 3. The lowest BCUT2D eigenvalue weighted by Crippen LogP contribution is -2.25. The lowest BCUT2D eigenvalue weighted by Gasteiger charge is -2.18. The minimum Gasteiger partial charge on any atom is -0.486 e. The number of hydrogen-bond acceptors (Lipinski definition) is 4. The molecule has 1 amide bonds. The van der Waals surface area contributed by atoms with Gasteiger partial charge in [-0.05, 0) is 32.0 Å². The average molecular weight is 505 g/mol. The van der Waals surface area contributed by atoms with Crippen molar-refractivity contribution < 1.29 is 27.1 Å². The van der Waals surface area contributed by atoms with Crippen molar-refractivity contribution in [3.05, 3.63) is 75.8 Å². The number of hydrogen-bond donors (Lipinski definition) is 3. The molecule has 0 radical (unpaired) electrons. The second-order valence-corrected chi connectivity index (χ2v) is 9.08. The molecular weight excluding hydrogens is 488 g/mol. The maximum Gasteiger partial charge on any atom is 0.259 e. The van der Waals surface area contributed by atoms with E-state index in [1.54, 1.807) is 0 Å². The molecule has 0 unspecified atom stereocenters. The van der Waals surface area contributed by atoms with Crippen LogP contribution in [0.3, 0.4) is 0 Å². The molecule has 0 atom stereocenters. The average Bonchev–Trinajstić information content (AvgIpc) is 3.33. The summed E-state index contributed by atoms with van der Waals surface area (Å²) < 4.78 is 61.2. The molecule has 0 bridgehead atoms. The molecule has 0 saturated carbocycles. The van der Waals surface area contributed by atoms with Gasteiger partial charge in [-0.2, -0.15) is 0 Å². The summed E-state index contributed by atoms with van der Waals surface area (Å²) in [6.45, 7) is 3.65. The second kappa shape index (κ2) is 8.16. The number of benzene rings is 3. The highest BCUT2D eigenvalue weighted by atomic mass is 35.5. The summed E-state index contributed by atoms with van der Waals surface area (Å²) >= 11 is 6.09. The third kappa shape index (κ3) is 4.14. The van der Waals surface area contributed by atoms with Crippen LogP contribution in [0.2, 0.25) is 5.02 Å². The maximum atomic E-state index is 14.2. The number of H-pyrrole nitrogens is 1. The molecule has 1 aliphatic rings. The van der Waals surface area contributed by atoms with Crippen LogP contribution in [0.5, 0.6) is 5.75 Å². The monoisotopic (exact) mass is 504 g/mol. The van der Waals surface area contributed by atoms with Gasteiger partial charge >= 0.3 is 0 Å². The molecule has 0 fully saturated rings. The van der Waals surface area contributed by atoms with E-state index < -0.39 is 40.5 Å². The van der Waals surface area contributed by atoms with Crippen molar-refractivity contribution in [1.29, 1.82) is 0 Å². The molecule has 5 rings (SSSR count). The maximum absolute atomic E-state index is 14.2. The van der Waals surface area contributed by atoms with E-state index in [0.717, 1.165) is 0 Å². The van der Waals surface area contributed by atoms with Gasteiger partial charge in [0.1, 0.15) is 23.0 Å².